The van der Waals surface area contributed by atoms with E-state index in [-0.39, 0.29) is 30.6 Å². The summed E-state index contributed by atoms with van der Waals surface area (Å²) >= 11 is 0. The third-order valence-corrected chi connectivity index (χ3v) is 5.32. The van der Waals surface area contributed by atoms with Crippen LogP contribution in [0.4, 0.5) is 0 Å². The SMILES string of the molecule is CCC[C@@H]1OC(=O)[C@@H](NC(=O)c2nccc(OC)c2O)COC[C@H](OCC(C)C)[C@H]1OCC(C)C. The molecule has 1 aliphatic rings. The van der Waals surface area contributed by atoms with E-state index < -0.39 is 42.0 Å². The lowest BCUT2D eigenvalue weighted by Crippen LogP contribution is -2.48. The normalized spacial score (nSPS) is 23.4. The number of carbonyl (C=O) groups is 2. The third-order valence-electron chi connectivity index (χ3n) is 5.32. The van der Waals surface area contributed by atoms with Crippen LogP contribution in [-0.4, -0.2) is 79.9 Å². The van der Waals surface area contributed by atoms with Crippen LogP contribution in [0.15, 0.2) is 12.3 Å². The monoisotopic (exact) mass is 496 g/mol. The van der Waals surface area contributed by atoms with Crippen molar-refractivity contribution in [3.63, 3.8) is 0 Å². The lowest BCUT2D eigenvalue weighted by molar-refractivity contribution is -0.173. The second kappa shape index (κ2) is 14.2. The van der Waals surface area contributed by atoms with Crippen molar-refractivity contribution >= 4 is 11.9 Å². The minimum absolute atomic E-state index is 0.0942. The molecule has 35 heavy (non-hydrogen) atoms. The molecule has 0 aliphatic carbocycles. The van der Waals surface area contributed by atoms with Gasteiger partial charge in [-0.15, -0.1) is 0 Å². The zero-order chi connectivity index (χ0) is 26.0. The van der Waals surface area contributed by atoms with Crippen LogP contribution < -0.4 is 10.1 Å². The molecular weight excluding hydrogens is 456 g/mol. The van der Waals surface area contributed by atoms with Gasteiger partial charge in [0.25, 0.3) is 5.91 Å². The van der Waals surface area contributed by atoms with Crippen molar-refractivity contribution in [1.82, 2.24) is 10.3 Å². The molecule has 10 nitrogen and oxygen atoms in total. The summed E-state index contributed by atoms with van der Waals surface area (Å²) < 4.78 is 29.1. The number of methoxy groups -OCH3 is 1. The molecular formula is C25H40N2O8. The Kier molecular flexibility index (Phi) is 11.7. The Morgan fingerprint density at radius 2 is 1.89 bits per heavy atom. The maximum absolute atomic E-state index is 13.1. The van der Waals surface area contributed by atoms with Gasteiger partial charge in [0.05, 0.1) is 20.3 Å². The number of ether oxygens (including phenoxy) is 5. The maximum Gasteiger partial charge on any atom is 0.331 e. The Balaban J connectivity index is 2.26. The van der Waals surface area contributed by atoms with Crippen LogP contribution in [0, 0.1) is 11.8 Å². The minimum Gasteiger partial charge on any atom is -0.503 e. The number of aromatic hydroxyl groups is 1. The molecule has 1 fully saturated rings. The Morgan fingerprint density at radius 1 is 1.20 bits per heavy atom. The van der Waals surface area contributed by atoms with Gasteiger partial charge in [-0.1, -0.05) is 41.0 Å². The number of pyridine rings is 1. The molecule has 0 unspecified atom stereocenters. The third kappa shape index (κ3) is 8.63. The molecule has 1 aromatic heterocycles. The molecule has 1 amide bonds. The predicted molar refractivity (Wildman–Crippen MR) is 128 cm³/mol. The molecule has 0 aromatic carbocycles. The molecule has 0 saturated carbocycles. The lowest BCUT2D eigenvalue weighted by Gasteiger charge is -2.33. The second-order valence-corrected chi connectivity index (χ2v) is 9.50. The zero-order valence-electron chi connectivity index (χ0n) is 21.6. The smallest absolute Gasteiger partial charge is 0.331 e. The van der Waals surface area contributed by atoms with E-state index >= 15 is 0 Å². The maximum atomic E-state index is 13.1. The van der Waals surface area contributed by atoms with Gasteiger partial charge in [0.2, 0.25) is 0 Å². The van der Waals surface area contributed by atoms with E-state index in [4.69, 9.17) is 23.7 Å². The fourth-order valence-electron chi connectivity index (χ4n) is 3.58. The number of amides is 1. The lowest BCUT2D eigenvalue weighted by atomic mass is 10.0. The molecule has 4 atom stereocenters. The molecule has 1 aromatic rings. The minimum atomic E-state index is -1.11. The molecule has 2 N–H and O–H groups in total. The van der Waals surface area contributed by atoms with Crippen LogP contribution in [0.25, 0.3) is 0 Å². The highest BCUT2D eigenvalue weighted by atomic mass is 16.6. The number of aromatic nitrogens is 1. The van der Waals surface area contributed by atoms with Crippen molar-refractivity contribution in [2.45, 2.75) is 71.8 Å². The van der Waals surface area contributed by atoms with Crippen molar-refractivity contribution in [2.75, 3.05) is 33.5 Å². The van der Waals surface area contributed by atoms with Gasteiger partial charge in [-0.25, -0.2) is 9.78 Å². The highest BCUT2D eigenvalue weighted by Crippen LogP contribution is 2.27. The first-order chi connectivity index (χ1) is 16.7. The quantitative estimate of drug-likeness (QED) is 0.445. The number of hydrogen-bond donors (Lipinski definition) is 2. The second-order valence-electron chi connectivity index (χ2n) is 9.50. The van der Waals surface area contributed by atoms with Gasteiger partial charge in [-0.05, 0) is 18.3 Å². The summed E-state index contributed by atoms with van der Waals surface area (Å²) in [5, 5.41) is 12.8. The summed E-state index contributed by atoms with van der Waals surface area (Å²) in [5.41, 5.74) is -0.265. The number of hydrogen-bond acceptors (Lipinski definition) is 9. The molecule has 10 heteroatoms. The molecule has 0 radical (unpaired) electrons. The standard InChI is InChI=1S/C25H40N2O8/c1-7-8-19-23(34-12-16(4)5)20(33-11-15(2)3)14-32-13-17(25(30)35-19)27-24(29)21-22(28)18(31-6)9-10-26-21/h9-10,15-17,19-20,23,28H,7-8,11-14H2,1-6H3,(H,27,29)/t17-,19-,20-,23-/m0/s1. The van der Waals surface area contributed by atoms with Gasteiger partial charge in [0.15, 0.2) is 23.2 Å². The summed E-state index contributed by atoms with van der Waals surface area (Å²) in [4.78, 5) is 29.8. The van der Waals surface area contributed by atoms with E-state index in [0.29, 0.717) is 25.6 Å². The van der Waals surface area contributed by atoms with E-state index in [1.54, 1.807) is 0 Å². The van der Waals surface area contributed by atoms with Crippen LogP contribution in [0.3, 0.4) is 0 Å². The van der Waals surface area contributed by atoms with Crippen LogP contribution >= 0.6 is 0 Å². The van der Waals surface area contributed by atoms with Crippen molar-refractivity contribution in [2.24, 2.45) is 11.8 Å². The van der Waals surface area contributed by atoms with Gasteiger partial charge in [-0.3, -0.25) is 4.79 Å². The summed E-state index contributed by atoms with van der Waals surface area (Å²) in [5.74, 6) is -1.15. The summed E-state index contributed by atoms with van der Waals surface area (Å²) in [6, 6.07) is 0.316. The van der Waals surface area contributed by atoms with Crippen molar-refractivity contribution < 1.29 is 38.4 Å². The Hall–Kier alpha value is -2.43. The van der Waals surface area contributed by atoms with Crippen molar-refractivity contribution in [1.29, 1.82) is 0 Å². The number of nitrogens with zero attached hydrogens (tertiary/aromatic N) is 1. The van der Waals surface area contributed by atoms with Crippen molar-refractivity contribution in [3.05, 3.63) is 18.0 Å². The summed E-state index contributed by atoms with van der Waals surface area (Å²) in [6.07, 6.45) is 1.12. The summed E-state index contributed by atoms with van der Waals surface area (Å²) in [6.45, 7) is 11.2. The first-order valence-electron chi connectivity index (χ1n) is 12.2. The Labute approximate surface area is 207 Å². The zero-order valence-corrected chi connectivity index (χ0v) is 21.6. The number of cyclic esters (lactones) is 1. The molecule has 2 rings (SSSR count). The number of esters is 1. The average Bonchev–Trinajstić information content (AvgIpc) is 2.85. The van der Waals surface area contributed by atoms with E-state index in [0.717, 1.165) is 6.42 Å². The van der Waals surface area contributed by atoms with Crippen LogP contribution in [0.1, 0.15) is 57.9 Å². The molecule has 1 aliphatic heterocycles. The largest absolute Gasteiger partial charge is 0.503 e. The molecule has 1 saturated heterocycles. The molecule has 198 valence electrons. The molecule has 0 bridgehead atoms. The number of rotatable bonds is 11. The average molecular weight is 497 g/mol. The van der Waals surface area contributed by atoms with E-state index in [9.17, 15) is 14.7 Å². The van der Waals surface area contributed by atoms with E-state index in [1.807, 2.05) is 20.8 Å². The highest BCUT2D eigenvalue weighted by Gasteiger charge is 2.38. The van der Waals surface area contributed by atoms with Gasteiger partial charge >= 0.3 is 5.97 Å². The number of nitrogens with one attached hydrogen (secondary N) is 1. The van der Waals surface area contributed by atoms with Gasteiger partial charge in [-0.2, -0.15) is 0 Å². The molecule has 2 heterocycles. The highest BCUT2D eigenvalue weighted by molar-refractivity contribution is 5.98. The van der Waals surface area contributed by atoms with Gasteiger partial charge < -0.3 is 34.1 Å². The topological polar surface area (TPSA) is 125 Å². The van der Waals surface area contributed by atoms with Crippen LogP contribution in [0.5, 0.6) is 11.5 Å². The van der Waals surface area contributed by atoms with Crippen LogP contribution in [-0.2, 0) is 23.7 Å². The first-order valence-corrected chi connectivity index (χ1v) is 12.2. The van der Waals surface area contributed by atoms with Gasteiger partial charge in [0, 0.05) is 25.5 Å². The fourth-order valence-corrected chi connectivity index (χ4v) is 3.58. The summed E-state index contributed by atoms with van der Waals surface area (Å²) in [7, 11) is 1.36. The molecule has 0 spiro atoms. The van der Waals surface area contributed by atoms with Gasteiger partial charge in [0.1, 0.15) is 18.3 Å². The Bertz CT molecular complexity index is 817. The van der Waals surface area contributed by atoms with E-state index in [1.165, 1.54) is 19.4 Å². The Morgan fingerprint density at radius 3 is 2.51 bits per heavy atom. The number of carbonyl (C=O) groups excluding carboxylic acids is 2. The van der Waals surface area contributed by atoms with Crippen molar-refractivity contribution in [3.8, 4) is 11.5 Å². The van der Waals surface area contributed by atoms with E-state index in [2.05, 4.69) is 24.1 Å². The van der Waals surface area contributed by atoms with Crippen LogP contribution in [0.2, 0.25) is 0 Å². The first kappa shape index (κ1) is 28.8. The predicted octanol–water partition coefficient (Wildman–Crippen LogP) is 2.72. The fraction of sp³-hybridized carbons (Fsp3) is 0.720.